The molecule has 6 fully saturated rings. The van der Waals surface area contributed by atoms with Crippen molar-refractivity contribution < 1.29 is 23.8 Å². The van der Waals surface area contributed by atoms with Crippen molar-refractivity contribution in [2.75, 3.05) is 13.2 Å². The minimum absolute atomic E-state index is 0.0144. The molecule has 2 atom stereocenters. The summed E-state index contributed by atoms with van der Waals surface area (Å²) in [7, 11) is 0. The molecule has 4 bridgehead atoms. The number of likely N-dealkylation sites (tertiary alicyclic amines) is 1. The van der Waals surface area contributed by atoms with E-state index < -0.39 is 23.7 Å². The summed E-state index contributed by atoms with van der Waals surface area (Å²) in [6.45, 7) is 2.83. The zero-order valence-electron chi connectivity index (χ0n) is 19.4. The Kier molecular flexibility index (Phi) is 5.00. The van der Waals surface area contributed by atoms with Crippen LogP contribution in [0, 0.1) is 34.9 Å². The topological polar surface area (TPSA) is 66.8 Å². The number of carboxylic acid groups (broad SMARTS) is 1. The molecule has 5 saturated carbocycles. The van der Waals surface area contributed by atoms with E-state index in [1.165, 1.54) is 49.5 Å². The molecule has 0 aromatic heterocycles. The zero-order valence-corrected chi connectivity index (χ0v) is 19.4. The summed E-state index contributed by atoms with van der Waals surface area (Å²) in [4.78, 5) is 26.3. The predicted octanol–water partition coefficient (Wildman–Crippen LogP) is 5.23. The molecule has 1 aliphatic heterocycles. The molecule has 5 aliphatic carbocycles. The van der Waals surface area contributed by atoms with Crippen LogP contribution in [-0.2, 0) is 4.79 Å². The normalized spacial score (nSPS) is 36.9. The molecule has 0 unspecified atom stereocenters. The van der Waals surface area contributed by atoms with E-state index in [0.29, 0.717) is 31.2 Å². The average molecular weight is 456 g/mol. The minimum Gasteiger partial charge on any atom is -0.493 e. The second kappa shape index (κ2) is 7.71. The van der Waals surface area contributed by atoms with Gasteiger partial charge in [0.25, 0.3) is 5.91 Å². The summed E-state index contributed by atoms with van der Waals surface area (Å²) in [6.07, 6.45) is 10.5. The average Bonchev–Trinajstić information content (AvgIpc) is 3.51. The molecule has 6 heteroatoms. The molecule has 1 heterocycles. The summed E-state index contributed by atoms with van der Waals surface area (Å²) in [6, 6.07) is 2.16. The van der Waals surface area contributed by atoms with Crippen LogP contribution in [0.5, 0.6) is 5.75 Å². The van der Waals surface area contributed by atoms with Gasteiger partial charge in [-0.2, -0.15) is 0 Å². The number of carbonyl (C=O) groups excluding carboxylic acids is 1. The van der Waals surface area contributed by atoms with E-state index in [1.807, 2.05) is 6.92 Å². The van der Waals surface area contributed by atoms with Crippen LogP contribution in [0.4, 0.5) is 4.39 Å². The highest BCUT2D eigenvalue weighted by Crippen LogP contribution is 2.60. The van der Waals surface area contributed by atoms with Gasteiger partial charge < -0.3 is 14.7 Å². The van der Waals surface area contributed by atoms with Gasteiger partial charge in [0.05, 0.1) is 12.2 Å². The Hall–Kier alpha value is -2.11. The van der Waals surface area contributed by atoms with Crippen LogP contribution in [-0.4, -0.2) is 41.1 Å². The Balaban J connectivity index is 1.24. The molecule has 1 aromatic rings. The van der Waals surface area contributed by atoms with Gasteiger partial charge in [0, 0.05) is 18.0 Å². The Labute approximate surface area is 194 Å². The van der Waals surface area contributed by atoms with E-state index in [4.69, 9.17) is 4.74 Å². The van der Waals surface area contributed by atoms with Crippen molar-refractivity contribution in [2.24, 2.45) is 29.1 Å². The molecule has 0 spiro atoms. The van der Waals surface area contributed by atoms with Crippen LogP contribution in [0.1, 0.15) is 86.6 Å². The molecule has 1 amide bonds. The monoisotopic (exact) mass is 455 g/mol. The highest BCUT2D eigenvalue weighted by atomic mass is 19.1. The number of ether oxygens (including phenoxy) is 1. The lowest BCUT2D eigenvalue weighted by atomic mass is 9.50. The largest absolute Gasteiger partial charge is 0.493 e. The van der Waals surface area contributed by atoms with Gasteiger partial charge in [-0.05, 0) is 99.0 Å². The van der Waals surface area contributed by atoms with Crippen molar-refractivity contribution in [3.63, 3.8) is 0 Å². The molecule has 6 aliphatic rings. The molecule has 178 valence electrons. The number of hydrogen-bond donors (Lipinski definition) is 1. The smallest absolute Gasteiger partial charge is 0.326 e. The first-order valence-corrected chi connectivity index (χ1v) is 12.8. The fourth-order valence-corrected chi connectivity index (χ4v) is 7.98. The molecule has 7 rings (SSSR count). The van der Waals surface area contributed by atoms with Gasteiger partial charge in [-0.1, -0.05) is 6.92 Å². The van der Waals surface area contributed by atoms with E-state index in [1.54, 1.807) is 6.07 Å². The van der Waals surface area contributed by atoms with Crippen LogP contribution in [0.25, 0.3) is 0 Å². The molecule has 5 nitrogen and oxygen atoms in total. The van der Waals surface area contributed by atoms with Gasteiger partial charge in [-0.3, -0.25) is 4.79 Å². The Morgan fingerprint density at radius 2 is 1.73 bits per heavy atom. The summed E-state index contributed by atoms with van der Waals surface area (Å²) in [5.41, 5.74) is 1.14. The van der Waals surface area contributed by atoms with Crippen LogP contribution < -0.4 is 4.74 Å². The number of halogens is 1. The molecule has 0 radical (unpaired) electrons. The third-order valence-electron chi connectivity index (χ3n) is 9.26. The third kappa shape index (κ3) is 3.74. The SMILES string of the molecule is C[C@H]1CCN(C(=O)c2cc(C3CC3)c(OCC34CC5CC(CC(C5)C3)C4)cc2F)[C@@H]1C(=O)O. The lowest BCUT2D eigenvalue weighted by Gasteiger charge is -2.56. The number of carbonyl (C=O) groups is 2. The number of amides is 1. The van der Waals surface area contributed by atoms with Crippen LogP contribution in [0.3, 0.4) is 0 Å². The van der Waals surface area contributed by atoms with Crippen molar-refractivity contribution in [2.45, 2.75) is 76.7 Å². The first-order valence-electron chi connectivity index (χ1n) is 12.8. The van der Waals surface area contributed by atoms with Crippen molar-refractivity contribution in [3.8, 4) is 5.75 Å². The Bertz CT molecular complexity index is 951. The molecule has 1 aromatic carbocycles. The molecule has 33 heavy (non-hydrogen) atoms. The lowest BCUT2D eigenvalue weighted by Crippen LogP contribution is -2.48. The van der Waals surface area contributed by atoms with E-state index >= 15 is 4.39 Å². The summed E-state index contributed by atoms with van der Waals surface area (Å²) in [5, 5.41) is 9.59. The van der Waals surface area contributed by atoms with Crippen LogP contribution in [0.2, 0.25) is 0 Å². The van der Waals surface area contributed by atoms with Crippen molar-refractivity contribution in [1.82, 2.24) is 4.90 Å². The first-order chi connectivity index (χ1) is 15.8. The highest BCUT2D eigenvalue weighted by Gasteiger charge is 2.51. The summed E-state index contributed by atoms with van der Waals surface area (Å²) in [5.74, 6) is 1.13. The lowest BCUT2D eigenvalue weighted by molar-refractivity contribution is -0.142. The minimum atomic E-state index is -1.02. The number of carboxylic acids is 1. The van der Waals surface area contributed by atoms with Crippen molar-refractivity contribution in [3.05, 3.63) is 29.1 Å². The van der Waals surface area contributed by atoms with Gasteiger partial charge in [-0.15, -0.1) is 0 Å². The molecular formula is C27H34FNO4. The Morgan fingerprint density at radius 3 is 2.30 bits per heavy atom. The van der Waals surface area contributed by atoms with Gasteiger partial charge in [0.1, 0.15) is 17.6 Å². The maximum Gasteiger partial charge on any atom is 0.326 e. The van der Waals surface area contributed by atoms with Gasteiger partial charge >= 0.3 is 5.97 Å². The standard InChI is InChI=1S/C27H34FNO4/c1-15-4-5-29(24(15)26(31)32)25(30)21-9-20(19-2-3-19)23(10-22(21)28)33-14-27-11-16-6-17(12-27)8-18(7-16)13-27/h9-10,15-19,24H,2-8,11-14H2,1H3,(H,31,32)/t15-,16?,17?,18?,24-,27?/m0/s1. The van der Waals surface area contributed by atoms with Crippen molar-refractivity contribution in [1.29, 1.82) is 0 Å². The van der Waals surface area contributed by atoms with Crippen LogP contribution >= 0.6 is 0 Å². The van der Waals surface area contributed by atoms with E-state index in [2.05, 4.69) is 0 Å². The quantitative estimate of drug-likeness (QED) is 0.638. The molecular weight excluding hydrogens is 421 g/mol. The predicted molar refractivity (Wildman–Crippen MR) is 121 cm³/mol. The highest BCUT2D eigenvalue weighted by molar-refractivity contribution is 5.97. The third-order valence-corrected chi connectivity index (χ3v) is 9.26. The fourth-order valence-electron chi connectivity index (χ4n) is 7.98. The van der Waals surface area contributed by atoms with E-state index in [9.17, 15) is 14.7 Å². The maximum absolute atomic E-state index is 15.3. The number of aliphatic carboxylic acids is 1. The second-order valence-electron chi connectivity index (χ2n) is 11.9. The number of hydrogen-bond acceptors (Lipinski definition) is 3. The number of benzene rings is 1. The summed E-state index contributed by atoms with van der Waals surface area (Å²) >= 11 is 0. The molecule has 1 saturated heterocycles. The van der Waals surface area contributed by atoms with Gasteiger partial charge in [0.2, 0.25) is 0 Å². The summed E-state index contributed by atoms with van der Waals surface area (Å²) < 4.78 is 21.6. The first kappa shape index (κ1) is 21.4. The number of rotatable bonds is 6. The maximum atomic E-state index is 15.3. The van der Waals surface area contributed by atoms with Gasteiger partial charge in [-0.25, -0.2) is 9.18 Å². The van der Waals surface area contributed by atoms with Gasteiger partial charge in [0.15, 0.2) is 0 Å². The van der Waals surface area contributed by atoms with Crippen LogP contribution in [0.15, 0.2) is 12.1 Å². The number of nitrogens with zero attached hydrogens (tertiary/aromatic N) is 1. The van der Waals surface area contributed by atoms with E-state index in [-0.39, 0.29) is 16.9 Å². The van der Waals surface area contributed by atoms with E-state index in [0.717, 1.165) is 36.2 Å². The Morgan fingerprint density at radius 1 is 1.09 bits per heavy atom. The molecule has 1 N–H and O–H groups in total. The second-order valence-corrected chi connectivity index (χ2v) is 11.9. The van der Waals surface area contributed by atoms with Crippen molar-refractivity contribution >= 4 is 11.9 Å². The zero-order chi connectivity index (χ0) is 22.9. The fraction of sp³-hybridized carbons (Fsp3) is 0.704.